The molecule has 2 aromatic carbocycles. The van der Waals surface area contributed by atoms with Gasteiger partial charge >= 0.3 is 0 Å². The standard InChI is InChI=1S/C16H19N3O3S/c17-18-16(20)14-6-3-9-19(11-14)23(21,22)15-8-7-12-4-1-2-5-13(12)10-15/h1-2,4-5,7-8,10,14H,3,6,9,11,17H2,(H,18,20)/t14-/m1/s1. The first-order chi connectivity index (χ1) is 11.0. The largest absolute Gasteiger partial charge is 0.294 e. The van der Waals surface area contributed by atoms with E-state index < -0.39 is 15.9 Å². The highest BCUT2D eigenvalue weighted by Gasteiger charge is 2.33. The molecule has 1 atom stereocenters. The second-order valence-corrected chi connectivity index (χ2v) is 7.66. The maximum Gasteiger partial charge on any atom is 0.243 e. The number of carbonyl (C=O) groups excluding carboxylic acids is 1. The van der Waals surface area contributed by atoms with Crippen LogP contribution in [0.5, 0.6) is 0 Å². The molecular weight excluding hydrogens is 314 g/mol. The van der Waals surface area contributed by atoms with E-state index in [4.69, 9.17) is 5.84 Å². The van der Waals surface area contributed by atoms with Gasteiger partial charge in [-0.1, -0.05) is 30.3 Å². The molecule has 1 aliphatic rings. The van der Waals surface area contributed by atoms with E-state index in [0.717, 1.165) is 10.8 Å². The van der Waals surface area contributed by atoms with Crippen molar-refractivity contribution in [1.82, 2.24) is 9.73 Å². The summed E-state index contributed by atoms with van der Waals surface area (Å²) in [4.78, 5) is 11.9. The van der Waals surface area contributed by atoms with Crippen LogP contribution in [0.1, 0.15) is 12.8 Å². The highest BCUT2D eigenvalue weighted by molar-refractivity contribution is 7.89. The van der Waals surface area contributed by atoms with Crippen LogP contribution in [0.15, 0.2) is 47.4 Å². The number of nitrogens with one attached hydrogen (secondary N) is 1. The lowest BCUT2D eigenvalue weighted by Gasteiger charge is -2.30. The number of benzene rings is 2. The molecule has 6 nitrogen and oxygen atoms in total. The van der Waals surface area contributed by atoms with Gasteiger partial charge in [0.2, 0.25) is 15.9 Å². The van der Waals surface area contributed by atoms with Gasteiger partial charge in [-0.2, -0.15) is 4.31 Å². The van der Waals surface area contributed by atoms with Crippen molar-refractivity contribution in [2.24, 2.45) is 11.8 Å². The fraction of sp³-hybridized carbons (Fsp3) is 0.312. The zero-order valence-electron chi connectivity index (χ0n) is 12.6. The van der Waals surface area contributed by atoms with Gasteiger partial charge in [0.05, 0.1) is 10.8 Å². The Morgan fingerprint density at radius 3 is 2.65 bits per heavy atom. The number of hydrogen-bond acceptors (Lipinski definition) is 4. The van der Waals surface area contributed by atoms with Crippen LogP contribution in [-0.4, -0.2) is 31.7 Å². The third-order valence-electron chi connectivity index (χ3n) is 4.26. The first-order valence-electron chi connectivity index (χ1n) is 7.52. The first-order valence-corrected chi connectivity index (χ1v) is 8.96. The van der Waals surface area contributed by atoms with Crippen molar-refractivity contribution >= 4 is 26.7 Å². The Morgan fingerprint density at radius 2 is 1.91 bits per heavy atom. The number of rotatable bonds is 3. The van der Waals surface area contributed by atoms with Crippen LogP contribution in [0.25, 0.3) is 10.8 Å². The van der Waals surface area contributed by atoms with Gasteiger partial charge in [-0.05, 0) is 35.7 Å². The zero-order chi connectivity index (χ0) is 16.4. The van der Waals surface area contributed by atoms with Crippen LogP contribution in [0.2, 0.25) is 0 Å². The maximum atomic E-state index is 12.9. The van der Waals surface area contributed by atoms with E-state index in [1.54, 1.807) is 18.2 Å². The lowest BCUT2D eigenvalue weighted by atomic mass is 9.99. The SMILES string of the molecule is NNC(=O)[C@@H]1CCCN(S(=O)(=O)c2ccc3ccccc3c2)C1. The first kappa shape index (κ1) is 15.9. The Morgan fingerprint density at radius 1 is 1.17 bits per heavy atom. The predicted molar refractivity (Wildman–Crippen MR) is 87.8 cm³/mol. The van der Waals surface area contributed by atoms with E-state index in [1.165, 1.54) is 4.31 Å². The van der Waals surface area contributed by atoms with Crippen molar-refractivity contribution in [3.05, 3.63) is 42.5 Å². The minimum absolute atomic E-state index is 0.165. The topological polar surface area (TPSA) is 92.5 Å². The summed E-state index contributed by atoms with van der Waals surface area (Å²) in [5.41, 5.74) is 2.11. The number of sulfonamides is 1. The molecular formula is C16H19N3O3S. The molecule has 0 aromatic heterocycles. The smallest absolute Gasteiger partial charge is 0.243 e. The summed E-state index contributed by atoms with van der Waals surface area (Å²) in [6.07, 6.45) is 1.29. The number of hydrogen-bond donors (Lipinski definition) is 2. The number of hydrazine groups is 1. The summed E-state index contributed by atoms with van der Waals surface area (Å²) >= 11 is 0. The van der Waals surface area contributed by atoms with E-state index in [0.29, 0.717) is 19.4 Å². The average molecular weight is 333 g/mol. The molecule has 0 unspecified atom stereocenters. The van der Waals surface area contributed by atoms with Gasteiger partial charge in [0.1, 0.15) is 0 Å². The highest BCUT2D eigenvalue weighted by Crippen LogP contribution is 2.26. The van der Waals surface area contributed by atoms with Gasteiger partial charge < -0.3 is 0 Å². The van der Waals surface area contributed by atoms with Gasteiger partial charge in [0, 0.05) is 13.1 Å². The number of nitrogens with two attached hydrogens (primary N) is 1. The number of carbonyl (C=O) groups is 1. The molecule has 0 aliphatic carbocycles. The molecule has 23 heavy (non-hydrogen) atoms. The maximum absolute atomic E-state index is 12.9. The molecule has 3 rings (SSSR count). The minimum Gasteiger partial charge on any atom is -0.294 e. The van der Waals surface area contributed by atoms with Gasteiger partial charge in [0.15, 0.2) is 0 Å². The zero-order valence-corrected chi connectivity index (χ0v) is 13.4. The molecule has 122 valence electrons. The Labute approximate surface area is 135 Å². The molecule has 1 aliphatic heterocycles. The molecule has 3 N–H and O–H groups in total. The second kappa shape index (κ2) is 6.27. The minimum atomic E-state index is -3.62. The summed E-state index contributed by atoms with van der Waals surface area (Å²) < 4.78 is 27.1. The van der Waals surface area contributed by atoms with E-state index >= 15 is 0 Å². The van der Waals surface area contributed by atoms with Crippen LogP contribution < -0.4 is 11.3 Å². The second-order valence-electron chi connectivity index (χ2n) is 5.72. The summed E-state index contributed by atoms with van der Waals surface area (Å²) in [5, 5.41) is 1.87. The van der Waals surface area contributed by atoms with Crippen molar-refractivity contribution in [3.63, 3.8) is 0 Å². The lowest BCUT2D eigenvalue weighted by molar-refractivity contribution is -0.126. The summed E-state index contributed by atoms with van der Waals surface area (Å²) in [6.45, 7) is 0.585. The van der Waals surface area contributed by atoms with E-state index in [-0.39, 0.29) is 17.3 Å². The number of amides is 1. The molecule has 1 heterocycles. The summed E-state index contributed by atoms with van der Waals surface area (Å²) in [5.74, 6) is 4.45. The summed E-state index contributed by atoms with van der Waals surface area (Å²) in [6, 6.07) is 12.7. The molecule has 0 bridgehead atoms. The molecule has 1 saturated heterocycles. The van der Waals surface area contributed by atoms with Crippen molar-refractivity contribution in [2.45, 2.75) is 17.7 Å². The highest BCUT2D eigenvalue weighted by atomic mass is 32.2. The molecule has 0 spiro atoms. The molecule has 7 heteroatoms. The Balaban J connectivity index is 1.91. The molecule has 1 fully saturated rings. The van der Waals surface area contributed by atoms with E-state index in [9.17, 15) is 13.2 Å². The molecule has 1 amide bonds. The van der Waals surface area contributed by atoms with Crippen LogP contribution in [0, 0.1) is 5.92 Å². The van der Waals surface area contributed by atoms with Crippen molar-refractivity contribution in [1.29, 1.82) is 0 Å². The van der Waals surface area contributed by atoms with Gasteiger partial charge in [-0.15, -0.1) is 0 Å². The number of fused-ring (bicyclic) bond motifs is 1. The quantitative estimate of drug-likeness (QED) is 0.502. The Kier molecular flexibility index (Phi) is 4.34. The molecule has 0 saturated carbocycles. The fourth-order valence-corrected chi connectivity index (χ4v) is 4.53. The third kappa shape index (κ3) is 3.08. The van der Waals surface area contributed by atoms with Crippen molar-refractivity contribution in [2.75, 3.05) is 13.1 Å². The van der Waals surface area contributed by atoms with Crippen molar-refractivity contribution in [3.8, 4) is 0 Å². The van der Waals surface area contributed by atoms with Gasteiger partial charge in [0.25, 0.3) is 0 Å². The molecule has 0 radical (unpaired) electrons. The fourth-order valence-electron chi connectivity index (χ4n) is 2.97. The Bertz CT molecular complexity index is 835. The Hall–Kier alpha value is -1.96. The van der Waals surface area contributed by atoms with Gasteiger partial charge in [-0.3, -0.25) is 10.2 Å². The average Bonchev–Trinajstić information content (AvgIpc) is 2.60. The third-order valence-corrected chi connectivity index (χ3v) is 6.12. The van der Waals surface area contributed by atoms with Crippen LogP contribution in [0.4, 0.5) is 0 Å². The van der Waals surface area contributed by atoms with Crippen molar-refractivity contribution < 1.29 is 13.2 Å². The van der Waals surface area contributed by atoms with Crippen LogP contribution in [0.3, 0.4) is 0 Å². The monoisotopic (exact) mass is 333 g/mol. The number of piperidine rings is 1. The van der Waals surface area contributed by atoms with E-state index in [1.807, 2.05) is 24.3 Å². The normalized spacial score (nSPS) is 19.6. The summed E-state index contributed by atoms with van der Waals surface area (Å²) in [7, 11) is -3.62. The van der Waals surface area contributed by atoms with Gasteiger partial charge in [-0.25, -0.2) is 14.3 Å². The predicted octanol–water partition coefficient (Wildman–Crippen LogP) is 1.23. The molecule has 2 aromatic rings. The van der Waals surface area contributed by atoms with Crippen LogP contribution in [-0.2, 0) is 14.8 Å². The number of nitrogens with zero attached hydrogens (tertiary/aromatic N) is 1. The van der Waals surface area contributed by atoms with E-state index in [2.05, 4.69) is 5.43 Å². The lowest BCUT2D eigenvalue weighted by Crippen LogP contribution is -2.46. The van der Waals surface area contributed by atoms with Crippen LogP contribution >= 0.6 is 0 Å².